The van der Waals surface area contributed by atoms with Crippen molar-refractivity contribution in [3.05, 3.63) is 42.2 Å². The van der Waals surface area contributed by atoms with E-state index in [2.05, 4.69) is 4.98 Å². The summed E-state index contributed by atoms with van der Waals surface area (Å²) in [5.74, 6) is -0.140. The summed E-state index contributed by atoms with van der Waals surface area (Å²) in [7, 11) is 0. The molecule has 4 nitrogen and oxygen atoms in total. The van der Waals surface area contributed by atoms with Crippen LogP contribution in [0.25, 0.3) is 11.4 Å². The number of hydrogen-bond donors (Lipinski definition) is 1. The molecule has 1 aliphatic rings. The van der Waals surface area contributed by atoms with Gasteiger partial charge in [-0.2, -0.15) is 0 Å². The van der Waals surface area contributed by atoms with E-state index in [0.717, 1.165) is 23.5 Å². The van der Waals surface area contributed by atoms with Gasteiger partial charge in [-0.15, -0.1) is 0 Å². The van der Waals surface area contributed by atoms with Crippen molar-refractivity contribution in [1.29, 1.82) is 0 Å². The van der Waals surface area contributed by atoms with Crippen LogP contribution in [-0.2, 0) is 17.8 Å². The van der Waals surface area contributed by atoms with Crippen molar-refractivity contribution in [2.45, 2.75) is 19.4 Å². The van der Waals surface area contributed by atoms with Gasteiger partial charge >= 0.3 is 5.97 Å². The fourth-order valence-corrected chi connectivity index (χ4v) is 2.47. The van der Waals surface area contributed by atoms with Crippen LogP contribution in [0, 0.1) is 5.92 Å². The monoisotopic (exact) mass is 242 g/mol. The molecule has 0 aliphatic carbocycles. The minimum Gasteiger partial charge on any atom is -0.481 e. The molecule has 1 atom stereocenters. The van der Waals surface area contributed by atoms with Gasteiger partial charge in [0, 0.05) is 24.0 Å². The molecule has 0 radical (unpaired) electrons. The average molecular weight is 242 g/mol. The van der Waals surface area contributed by atoms with Gasteiger partial charge < -0.3 is 9.67 Å². The first-order chi connectivity index (χ1) is 8.75. The Morgan fingerprint density at radius 1 is 1.33 bits per heavy atom. The Kier molecular flexibility index (Phi) is 2.63. The number of carboxylic acid groups (broad SMARTS) is 1. The molecule has 0 bridgehead atoms. The summed E-state index contributed by atoms with van der Waals surface area (Å²) in [6.45, 7) is 0.523. The molecule has 0 saturated carbocycles. The smallest absolute Gasteiger partial charge is 0.308 e. The lowest BCUT2D eigenvalue weighted by molar-refractivity contribution is -0.142. The van der Waals surface area contributed by atoms with Gasteiger partial charge in [-0.05, 0) is 12.8 Å². The Morgan fingerprint density at radius 2 is 2.11 bits per heavy atom. The highest BCUT2D eigenvalue weighted by Crippen LogP contribution is 2.27. The van der Waals surface area contributed by atoms with Crippen LogP contribution in [0.15, 0.2) is 36.5 Å². The molecule has 3 rings (SSSR count). The van der Waals surface area contributed by atoms with E-state index in [1.165, 1.54) is 0 Å². The number of aryl methyl sites for hydroxylation is 1. The van der Waals surface area contributed by atoms with Gasteiger partial charge in [0.1, 0.15) is 5.82 Å². The summed E-state index contributed by atoms with van der Waals surface area (Å²) in [5, 5.41) is 9.13. The second-order valence-electron chi connectivity index (χ2n) is 4.62. The first kappa shape index (κ1) is 11.0. The predicted molar refractivity (Wildman–Crippen MR) is 67.1 cm³/mol. The summed E-state index contributed by atoms with van der Waals surface area (Å²) in [6.07, 6.45) is 3.35. The zero-order valence-electron chi connectivity index (χ0n) is 9.91. The number of aliphatic carboxylic acids is 1. The Balaban J connectivity index is 2.00. The number of imidazole rings is 1. The number of carbonyl (C=O) groups is 1. The number of rotatable bonds is 2. The molecular weight excluding hydrogens is 228 g/mol. The second kappa shape index (κ2) is 4.29. The molecule has 1 N–H and O–H groups in total. The van der Waals surface area contributed by atoms with Gasteiger partial charge in [-0.25, -0.2) is 4.98 Å². The van der Waals surface area contributed by atoms with Crippen LogP contribution in [0.3, 0.4) is 0 Å². The molecule has 18 heavy (non-hydrogen) atoms. The fourth-order valence-electron chi connectivity index (χ4n) is 2.47. The number of carboxylic acids is 1. The van der Waals surface area contributed by atoms with E-state index in [-0.39, 0.29) is 5.92 Å². The van der Waals surface area contributed by atoms with Crippen LogP contribution >= 0.6 is 0 Å². The number of aromatic nitrogens is 2. The first-order valence-corrected chi connectivity index (χ1v) is 6.08. The number of fused-ring (bicyclic) bond motifs is 1. The molecule has 1 aliphatic heterocycles. The zero-order chi connectivity index (χ0) is 12.5. The third-order valence-corrected chi connectivity index (χ3v) is 3.47. The first-order valence-electron chi connectivity index (χ1n) is 6.08. The zero-order valence-corrected chi connectivity index (χ0v) is 9.91. The van der Waals surface area contributed by atoms with E-state index in [4.69, 9.17) is 5.11 Å². The summed E-state index contributed by atoms with van der Waals surface area (Å²) < 4.78 is 2.04. The Labute approximate surface area is 105 Å². The molecule has 4 heteroatoms. The topological polar surface area (TPSA) is 55.1 Å². The molecule has 0 saturated heterocycles. The van der Waals surface area contributed by atoms with Gasteiger partial charge in [0.2, 0.25) is 0 Å². The molecule has 0 fully saturated rings. The van der Waals surface area contributed by atoms with Crippen LogP contribution in [0.2, 0.25) is 0 Å². The second-order valence-corrected chi connectivity index (χ2v) is 4.62. The molecule has 2 heterocycles. The Hall–Kier alpha value is -2.10. The van der Waals surface area contributed by atoms with Crippen molar-refractivity contribution in [3.8, 4) is 11.4 Å². The highest BCUT2D eigenvalue weighted by Gasteiger charge is 2.26. The average Bonchev–Trinajstić information content (AvgIpc) is 2.82. The fraction of sp³-hybridized carbons (Fsp3) is 0.286. The third-order valence-electron chi connectivity index (χ3n) is 3.47. The van der Waals surface area contributed by atoms with Crippen molar-refractivity contribution < 1.29 is 9.90 Å². The van der Waals surface area contributed by atoms with Gasteiger partial charge in [0.15, 0.2) is 0 Å². The van der Waals surface area contributed by atoms with Crippen LogP contribution in [0.4, 0.5) is 0 Å². The molecule has 1 unspecified atom stereocenters. The standard InChI is InChI=1S/C14H14N2O2/c17-14(18)11-6-7-12-8-15-13(16(12)9-11)10-4-2-1-3-5-10/h1-5,8,11H,6-7,9H2,(H,17,18). The maximum absolute atomic E-state index is 11.1. The van der Waals surface area contributed by atoms with Crippen LogP contribution < -0.4 is 0 Å². The summed E-state index contributed by atoms with van der Waals surface area (Å²) in [6, 6.07) is 9.90. The molecule has 92 valence electrons. The molecular formula is C14H14N2O2. The lowest BCUT2D eigenvalue weighted by Gasteiger charge is -2.22. The van der Waals surface area contributed by atoms with E-state index >= 15 is 0 Å². The lowest BCUT2D eigenvalue weighted by atomic mass is 9.98. The van der Waals surface area contributed by atoms with E-state index in [1.54, 1.807) is 0 Å². The minimum atomic E-state index is -0.714. The Morgan fingerprint density at radius 3 is 2.83 bits per heavy atom. The van der Waals surface area contributed by atoms with Crippen LogP contribution in [-0.4, -0.2) is 20.6 Å². The van der Waals surface area contributed by atoms with E-state index in [9.17, 15) is 4.79 Å². The van der Waals surface area contributed by atoms with Crippen LogP contribution in [0.5, 0.6) is 0 Å². The maximum atomic E-state index is 11.1. The van der Waals surface area contributed by atoms with Crippen molar-refractivity contribution in [2.75, 3.05) is 0 Å². The van der Waals surface area contributed by atoms with Crippen molar-refractivity contribution in [2.24, 2.45) is 5.92 Å². The molecule has 1 aromatic carbocycles. The summed E-state index contributed by atoms with van der Waals surface area (Å²) in [4.78, 5) is 15.5. The largest absolute Gasteiger partial charge is 0.481 e. The highest BCUT2D eigenvalue weighted by molar-refractivity contribution is 5.70. The van der Waals surface area contributed by atoms with E-state index in [0.29, 0.717) is 13.0 Å². The number of benzene rings is 1. The van der Waals surface area contributed by atoms with Gasteiger partial charge in [-0.3, -0.25) is 4.79 Å². The molecule has 0 amide bonds. The number of hydrogen-bond acceptors (Lipinski definition) is 2. The van der Waals surface area contributed by atoms with Crippen molar-refractivity contribution >= 4 is 5.97 Å². The predicted octanol–water partition coefficient (Wildman–Crippen LogP) is 2.20. The SMILES string of the molecule is O=C(O)C1CCc2cnc(-c3ccccc3)n2C1. The quantitative estimate of drug-likeness (QED) is 0.878. The highest BCUT2D eigenvalue weighted by atomic mass is 16.4. The van der Waals surface area contributed by atoms with Gasteiger partial charge in [0.05, 0.1) is 5.92 Å². The molecule has 1 aromatic heterocycles. The third kappa shape index (κ3) is 1.79. The lowest BCUT2D eigenvalue weighted by Crippen LogP contribution is -2.26. The van der Waals surface area contributed by atoms with Crippen molar-refractivity contribution in [3.63, 3.8) is 0 Å². The normalized spacial score (nSPS) is 18.3. The van der Waals surface area contributed by atoms with E-state index < -0.39 is 5.97 Å². The minimum absolute atomic E-state index is 0.297. The van der Waals surface area contributed by atoms with Gasteiger partial charge in [0.25, 0.3) is 0 Å². The summed E-state index contributed by atoms with van der Waals surface area (Å²) in [5.41, 5.74) is 2.17. The van der Waals surface area contributed by atoms with E-state index in [1.807, 2.05) is 41.1 Å². The maximum Gasteiger partial charge on any atom is 0.308 e. The van der Waals surface area contributed by atoms with Gasteiger partial charge in [-0.1, -0.05) is 30.3 Å². The van der Waals surface area contributed by atoms with Crippen LogP contribution in [0.1, 0.15) is 12.1 Å². The van der Waals surface area contributed by atoms with Crippen molar-refractivity contribution in [1.82, 2.24) is 9.55 Å². The summed E-state index contributed by atoms with van der Waals surface area (Å²) >= 11 is 0. The number of nitrogens with zero attached hydrogens (tertiary/aromatic N) is 2. The molecule has 0 spiro atoms. The Bertz CT molecular complexity index is 575. The molecule has 2 aromatic rings.